The molecule has 3 rings (SSSR count). The average molecular weight is 306 g/mol. The molecule has 0 atom stereocenters. The van der Waals surface area contributed by atoms with Gasteiger partial charge < -0.3 is 5.73 Å². The zero-order valence-corrected chi connectivity index (χ0v) is 11.6. The summed E-state index contributed by atoms with van der Waals surface area (Å²) >= 11 is 7.06. The van der Waals surface area contributed by atoms with Crippen LogP contribution in [0.1, 0.15) is 10.4 Å². The van der Waals surface area contributed by atoms with Gasteiger partial charge in [-0.15, -0.1) is 0 Å². The van der Waals surface area contributed by atoms with Crippen molar-refractivity contribution in [2.24, 2.45) is 0 Å². The van der Waals surface area contributed by atoms with Gasteiger partial charge in [-0.2, -0.15) is 0 Å². The maximum Gasteiger partial charge on any atom is 0.258 e. The monoisotopic (exact) mass is 305 g/mol. The van der Waals surface area contributed by atoms with Gasteiger partial charge in [0, 0.05) is 11.8 Å². The fourth-order valence-electron chi connectivity index (χ4n) is 1.65. The van der Waals surface area contributed by atoms with Crippen LogP contribution in [0, 0.1) is 0 Å². The molecule has 1 amide bonds. The van der Waals surface area contributed by atoms with Crippen molar-refractivity contribution in [3.05, 3.63) is 41.2 Å². The molecule has 6 nitrogen and oxygen atoms in total. The summed E-state index contributed by atoms with van der Waals surface area (Å²) in [5.41, 5.74) is 6.87. The van der Waals surface area contributed by atoms with Crippen LogP contribution in [-0.4, -0.2) is 20.9 Å². The molecule has 0 saturated heterocycles. The van der Waals surface area contributed by atoms with E-state index in [1.165, 1.54) is 23.6 Å². The molecule has 3 aromatic rings. The van der Waals surface area contributed by atoms with Crippen molar-refractivity contribution >= 4 is 50.1 Å². The fraction of sp³-hybridized carbons (Fsp3) is 0. The predicted molar refractivity (Wildman–Crippen MR) is 79.0 cm³/mol. The van der Waals surface area contributed by atoms with E-state index >= 15 is 0 Å². The molecule has 0 fully saturated rings. The van der Waals surface area contributed by atoms with Crippen molar-refractivity contribution in [3.8, 4) is 0 Å². The number of thiazole rings is 1. The molecule has 2 aromatic heterocycles. The maximum atomic E-state index is 12.1. The Hall–Kier alpha value is -2.25. The van der Waals surface area contributed by atoms with E-state index in [2.05, 4.69) is 20.3 Å². The summed E-state index contributed by atoms with van der Waals surface area (Å²) in [6.07, 6.45) is 1.47. The van der Waals surface area contributed by atoms with Gasteiger partial charge in [0.2, 0.25) is 5.95 Å². The van der Waals surface area contributed by atoms with Crippen molar-refractivity contribution in [3.63, 3.8) is 0 Å². The van der Waals surface area contributed by atoms with Crippen LogP contribution in [0.25, 0.3) is 10.2 Å². The molecule has 2 heterocycles. The van der Waals surface area contributed by atoms with Crippen LogP contribution in [0.4, 0.5) is 11.1 Å². The Morgan fingerprint density at radius 1 is 1.30 bits per heavy atom. The molecule has 20 heavy (non-hydrogen) atoms. The molecule has 0 aliphatic heterocycles. The highest BCUT2D eigenvalue weighted by atomic mass is 35.5. The van der Waals surface area contributed by atoms with Crippen LogP contribution in [0.5, 0.6) is 0 Å². The zero-order chi connectivity index (χ0) is 14.1. The summed E-state index contributed by atoms with van der Waals surface area (Å²) in [5.74, 6) is -0.160. The number of amides is 1. The number of carbonyl (C=O) groups excluding carboxylic acids is 1. The van der Waals surface area contributed by atoms with Gasteiger partial charge in [0.05, 0.1) is 10.2 Å². The number of nitrogens with one attached hydrogen (secondary N) is 1. The summed E-state index contributed by atoms with van der Waals surface area (Å²) in [6, 6.07) is 6.67. The fourth-order valence-corrected chi connectivity index (χ4v) is 2.56. The van der Waals surface area contributed by atoms with Gasteiger partial charge in [-0.05, 0) is 24.3 Å². The molecule has 0 radical (unpaired) electrons. The topological polar surface area (TPSA) is 93.8 Å². The predicted octanol–water partition coefficient (Wildman–Crippen LogP) is 2.57. The number of hydrogen-bond donors (Lipinski definition) is 2. The maximum absolute atomic E-state index is 12.1. The van der Waals surface area contributed by atoms with E-state index in [9.17, 15) is 4.79 Å². The molecule has 0 aliphatic carbocycles. The van der Waals surface area contributed by atoms with Gasteiger partial charge in [0.25, 0.3) is 5.91 Å². The first-order valence-electron chi connectivity index (χ1n) is 5.58. The van der Waals surface area contributed by atoms with E-state index in [0.29, 0.717) is 10.7 Å². The Morgan fingerprint density at radius 2 is 2.15 bits per heavy atom. The van der Waals surface area contributed by atoms with E-state index in [1.54, 1.807) is 18.2 Å². The normalized spacial score (nSPS) is 10.7. The minimum Gasteiger partial charge on any atom is -0.375 e. The first kappa shape index (κ1) is 12.8. The first-order chi connectivity index (χ1) is 9.61. The van der Waals surface area contributed by atoms with Crippen LogP contribution >= 0.6 is 22.9 Å². The number of fused-ring (bicyclic) bond motifs is 1. The molecule has 8 heteroatoms. The molecule has 0 bridgehead atoms. The third-order valence-corrected chi connectivity index (χ3v) is 3.57. The lowest BCUT2D eigenvalue weighted by Gasteiger charge is -2.03. The van der Waals surface area contributed by atoms with Gasteiger partial charge in [-0.1, -0.05) is 22.9 Å². The number of hydrogen-bond acceptors (Lipinski definition) is 6. The van der Waals surface area contributed by atoms with Crippen molar-refractivity contribution in [1.82, 2.24) is 15.0 Å². The third-order valence-electron chi connectivity index (χ3n) is 2.51. The molecule has 0 unspecified atom stereocenters. The van der Waals surface area contributed by atoms with E-state index < -0.39 is 0 Å². The number of benzene rings is 1. The number of halogens is 1. The van der Waals surface area contributed by atoms with Gasteiger partial charge in [-0.25, -0.2) is 15.0 Å². The van der Waals surface area contributed by atoms with Crippen molar-refractivity contribution in [2.45, 2.75) is 0 Å². The Kier molecular flexibility index (Phi) is 3.21. The van der Waals surface area contributed by atoms with Gasteiger partial charge in [0.15, 0.2) is 5.13 Å². The number of nitrogens with two attached hydrogens (primary N) is 1. The highest BCUT2D eigenvalue weighted by Crippen LogP contribution is 2.24. The van der Waals surface area contributed by atoms with E-state index in [-0.39, 0.29) is 17.0 Å². The highest BCUT2D eigenvalue weighted by molar-refractivity contribution is 7.22. The van der Waals surface area contributed by atoms with Crippen molar-refractivity contribution in [2.75, 3.05) is 11.1 Å². The Bertz CT molecular complexity index is 803. The van der Waals surface area contributed by atoms with Crippen molar-refractivity contribution in [1.29, 1.82) is 0 Å². The second-order valence-electron chi connectivity index (χ2n) is 3.89. The van der Waals surface area contributed by atoms with E-state index in [0.717, 1.165) is 10.2 Å². The number of nitrogens with zero attached hydrogens (tertiary/aromatic N) is 3. The number of aromatic nitrogens is 3. The SMILES string of the molecule is Nc1nc2ccc(C(=O)Nc3nccc(Cl)n3)cc2s1. The summed E-state index contributed by atoms with van der Waals surface area (Å²) in [5, 5.41) is 3.31. The Morgan fingerprint density at radius 3 is 2.95 bits per heavy atom. The van der Waals surface area contributed by atoms with E-state index in [1.807, 2.05) is 0 Å². The second kappa shape index (κ2) is 5.03. The Labute approximate surface area is 122 Å². The largest absolute Gasteiger partial charge is 0.375 e. The summed E-state index contributed by atoms with van der Waals surface area (Å²) in [4.78, 5) is 24.0. The van der Waals surface area contributed by atoms with Crippen LogP contribution in [-0.2, 0) is 0 Å². The lowest BCUT2D eigenvalue weighted by molar-refractivity contribution is 0.102. The number of nitrogen functional groups attached to an aromatic ring is 1. The second-order valence-corrected chi connectivity index (χ2v) is 5.34. The highest BCUT2D eigenvalue weighted by Gasteiger charge is 2.10. The molecular weight excluding hydrogens is 298 g/mol. The van der Waals surface area contributed by atoms with Crippen LogP contribution in [0.2, 0.25) is 5.15 Å². The van der Waals surface area contributed by atoms with E-state index in [4.69, 9.17) is 17.3 Å². The molecule has 0 aliphatic rings. The summed E-state index contributed by atoms with van der Waals surface area (Å²) in [7, 11) is 0. The average Bonchev–Trinajstić information content (AvgIpc) is 2.77. The summed E-state index contributed by atoms with van der Waals surface area (Å²) < 4.78 is 0.849. The van der Waals surface area contributed by atoms with Gasteiger partial charge >= 0.3 is 0 Å². The molecule has 100 valence electrons. The van der Waals surface area contributed by atoms with Crippen molar-refractivity contribution < 1.29 is 4.79 Å². The molecule has 3 N–H and O–H groups in total. The number of rotatable bonds is 2. The minimum atomic E-state index is -0.318. The van der Waals surface area contributed by atoms with Gasteiger partial charge in [-0.3, -0.25) is 10.1 Å². The summed E-state index contributed by atoms with van der Waals surface area (Å²) in [6.45, 7) is 0. The Balaban J connectivity index is 1.88. The standard InChI is InChI=1S/C12H8ClN5OS/c13-9-3-4-15-12(17-9)18-10(19)6-1-2-7-8(5-6)20-11(14)16-7/h1-5H,(H2,14,16)(H,15,17,18,19). The van der Waals surface area contributed by atoms with Crippen LogP contribution < -0.4 is 11.1 Å². The number of anilines is 2. The molecule has 0 spiro atoms. The first-order valence-corrected chi connectivity index (χ1v) is 6.77. The van der Waals surface area contributed by atoms with Crippen LogP contribution in [0.15, 0.2) is 30.5 Å². The number of carbonyl (C=O) groups is 1. The molecule has 0 saturated carbocycles. The molecular formula is C12H8ClN5OS. The lowest BCUT2D eigenvalue weighted by atomic mass is 10.2. The molecule has 1 aromatic carbocycles. The minimum absolute atomic E-state index is 0.159. The van der Waals surface area contributed by atoms with Gasteiger partial charge in [0.1, 0.15) is 5.15 Å². The van der Waals surface area contributed by atoms with Crippen LogP contribution in [0.3, 0.4) is 0 Å². The quantitative estimate of drug-likeness (QED) is 0.710. The lowest BCUT2D eigenvalue weighted by Crippen LogP contribution is -2.13. The zero-order valence-electron chi connectivity index (χ0n) is 10.0. The smallest absolute Gasteiger partial charge is 0.258 e. The third kappa shape index (κ3) is 2.54.